The molecule has 0 bridgehead atoms. The molecule has 0 heterocycles. The molecule has 0 aliphatic heterocycles. The van der Waals surface area contributed by atoms with Gasteiger partial charge in [-0.2, -0.15) is 0 Å². The molecule has 0 unspecified atom stereocenters. The van der Waals surface area contributed by atoms with Crippen molar-refractivity contribution in [2.75, 3.05) is 31.1 Å². The van der Waals surface area contributed by atoms with Gasteiger partial charge in [0.25, 0.3) is 0 Å². The first-order chi connectivity index (χ1) is 3.56. The second kappa shape index (κ2) is 3.36. The maximum absolute atomic E-state index is 5.35. The largest absolute Gasteiger partial charge is 0.330 e. The highest BCUT2D eigenvalue weighted by Gasteiger charge is 2.00. The summed E-state index contributed by atoms with van der Waals surface area (Å²) in [6.07, 6.45) is 8.16. The van der Waals surface area contributed by atoms with E-state index in [4.69, 9.17) is 5.73 Å². The molecule has 0 saturated carbocycles. The Balaban J connectivity index is 3.11. The van der Waals surface area contributed by atoms with Crippen LogP contribution in [0.2, 0.25) is 0 Å². The first-order valence-electron chi connectivity index (χ1n) is 2.92. The molecule has 0 spiro atoms. The van der Waals surface area contributed by atoms with Crippen molar-refractivity contribution in [3.8, 4) is 0 Å². The molecular formula is C6H17NS. The fourth-order valence-corrected chi connectivity index (χ4v) is 1.55. The molecule has 0 aromatic rings. The van der Waals surface area contributed by atoms with E-state index in [1.807, 2.05) is 0 Å². The topological polar surface area (TPSA) is 26.0 Å². The Bertz CT molecular complexity index is 56.0. The Morgan fingerprint density at radius 2 is 1.75 bits per heavy atom. The second-order valence-corrected chi connectivity index (χ2v) is 7.53. The average Bonchev–Trinajstić information content (AvgIpc) is 1.59. The normalized spacial score (nSPS) is 14.0. The van der Waals surface area contributed by atoms with Crippen LogP contribution >= 0.6 is 10.0 Å². The molecule has 0 atom stereocenters. The van der Waals surface area contributed by atoms with Crippen LogP contribution < -0.4 is 5.73 Å². The van der Waals surface area contributed by atoms with Gasteiger partial charge in [0, 0.05) is 0 Å². The summed E-state index contributed by atoms with van der Waals surface area (Å²) in [7, 11) is -0.266. The summed E-state index contributed by atoms with van der Waals surface area (Å²) in [6, 6.07) is 0. The zero-order valence-electron chi connectivity index (χ0n) is 6.11. The van der Waals surface area contributed by atoms with Crippen molar-refractivity contribution in [2.24, 2.45) is 5.73 Å². The highest BCUT2D eigenvalue weighted by atomic mass is 32.3. The molecule has 0 aliphatic rings. The van der Waals surface area contributed by atoms with E-state index in [0.29, 0.717) is 0 Å². The van der Waals surface area contributed by atoms with Crippen LogP contribution in [0.1, 0.15) is 6.42 Å². The van der Waals surface area contributed by atoms with Crippen molar-refractivity contribution in [2.45, 2.75) is 6.42 Å². The van der Waals surface area contributed by atoms with Gasteiger partial charge in [0.15, 0.2) is 0 Å². The van der Waals surface area contributed by atoms with Crippen molar-refractivity contribution in [1.82, 2.24) is 0 Å². The van der Waals surface area contributed by atoms with Crippen molar-refractivity contribution < 1.29 is 0 Å². The quantitative estimate of drug-likeness (QED) is 0.614. The zero-order chi connectivity index (χ0) is 6.62. The van der Waals surface area contributed by atoms with Gasteiger partial charge in [-0.25, -0.2) is 10.0 Å². The van der Waals surface area contributed by atoms with E-state index in [1.165, 1.54) is 12.2 Å². The summed E-state index contributed by atoms with van der Waals surface area (Å²) in [5, 5.41) is 0. The lowest BCUT2D eigenvalue weighted by atomic mass is 10.5. The molecular weight excluding hydrogens is 118 g/mol. The fraction of sp³-hybridized carbons (Fsp3) is 1.00. The molecule has 0 saturated heterocycles. The van der Waals surface area contributed by atoms with Crippen LogP contribution in [0.4, 0.5) is 0 Å². The van der Waals surface area contributed by atoms with Gasteiger partial charge in [-0.3, -0.25) is 0 Å². The van der Waals surface area contributed by atoms with E-state index in [1.54, 1.807) is 0 Å². The first-order valence-corrected chi connectivity index (χ1v) is 5.95. The summed E-state index contributed by atoms with van der Waals surface area (Å²) >= 11 is 0. The Kier molecular flexibility index (Phi) is 3.49. The summed E-state index contributed by atoms with van der Waals surface area (Å²) < 4.78 is 0. The first kappa shape index (κ1) is 8.31. The number of nitrogens with two attached hydrogens (primary N) is 1. The van der Waals surface area contributed by atoms with Crippen molar-refractivity contribution in [3.63, 3.8) is 0 Å². The molecule has 1 nitrogen and oxygen atoms in total. The summed E-state index contributed by atoms with van der Waals surface area (Å²) in [6.45, 7) is 0.851. The molecule has 2 heteroatoms. The SMILES string of the molecule is CS(C)(C)CCCN. The third-order valence-electron chi connectivity index (χ3n) is 0.961. The van der Waals surface area contributed by atoms with Crippen molar-refractivity contribution in [1.29, 1.82) is 0 Å². The predicted octanol–water partition coefficient (Wildman–Crippen LogP) is 1.03. The van der Waals surface area contributed by atoms with Crippen molar-refractivity contribution in [3.05, 3.63) is 0 Å². The van der Waals surface area contributed by atoms with Crippen LogP contribution in [0.5, 0.6) is 0 Å². The monoisotopic (exact) mass is 135 g/mol. The van der Waals surface area contributed by atoms with E-state index >= 15 is 0 Å². The smallest absolute Gasteiger partial charge is 0.00700 e. The maximum Gasteiger partial charge on any atom is -0.00700 e. The minimum atomic E-state index is -0.266. The number of hydrogen-bond acceptors (Lipinski definition) is 1. The van der Waals surface area contributed by atoms with Crippen LogP contribution in [0.3, 0.4) is 0 Å². The standard InChI is InChI=1S/C6H17NS/c1-8(2,3)6-4-5-7/h4-7H2,1-3H3. The minimum Gasteiger partial charge on any atom is -0.330 e. The molecule has 8 heavy (non-hydrogen) atoms. The van der Waals surface area contributed by atoms with Gasteiger partial charge in [-0.1, -0.05) is 0 Å². The molecule has 0 aromatic heterocycles. The van der Waals surface area contributed by atoms with Gasteiger partial charge in [0.05, 0.1) is 0 Å². The van der Waals surface area contributed by atoms with E-state index in [2.05, 4.69) is 18.8 Å². The van der Waals surface area contributed by atoms with Gasteiger partial charge >= 0.3 is 0 Å². The Morgan fingerprint density at radius 1 is 1.25 bits per heavy atom. The molecule has 0 radical (unpaired) electrons. The Labute approximate surface area is 54.0 Å². The van der Waals surface area contributed by atoms with E-state index < -0.39 is 0 Å². The van der Waals surface area contributed by atoms with Crippen LogP contribution in [-0.2, 0) is 0 Å². The minimum absolute atomic E-state index is 0.266. The highest BCUT2D eigenvalue weighted by Crippen LogP contribution is 2.34. The molecule has 0 fully saturated rings. The molecule has 0 aliphatic carbocycles. The van der Waals surface area contributed by atoms with Gasteiger partial charge in [-0.15, -0.1) is 0 Å². The second-order valence-electron chi connectivity index (χ2n) is 2.94. The maximum atomic E-state index is 5.35. The highest BCUT2D eigenvalue weighted by molar-refractivity contribution is 8.32. The summed E-state index contributed by atoms with van der Waals surface area (Å²) in [5.41, 5.74) is 5.35. The van der Waals surface area contributed by atoms with Gasteiger partial charge in [0.1, 0.15) is 0 Å². The Hall–Kier alpha value is 0.310. The van der Waals surface area contributed by atoms with Crippen LogP contribution in [0.25, 0.3) is 0 Å². The molecule has 0 aromatic carbocycles. The molecule has 0 rings (SSSR count). The van der Waals surface area contributed by atoms with Gasteiger partial charge in [0.2, 0.25) is 0 Å². The lowest BCUT2D eigenvalue weighted by molar-refractivity contribution is 0.939. The summed E-state index contributed by atoms with van der Waals surface area (Å²) in [5.74, 6) is 1.32. The molecule has 52 valence electrons. The zero-order valence-corrected chi connectivity index (χ0v) is 6.92. The predicted molar refractivity (Wildman–Crippen MR) is 43.9 cm³/mol. The molecule has 2 N–H and O–H groups in total. The van der Waals surface area contributed by atoms with Crippen molar-refractivity contribution >= 4 is 10.0 Å². The van der Waals surface area contributed by atoms with Gasteiger partial charge < -0.3 is 5.73 Å². The average molecular weight is 135 g/mol. The lowest BCUT2D eigenvalue weighted by Crippen LogP contribution is -2.06. The van der Waals surface area contributed by atoms with Crippen LogP contribution in [-0.4, -0.2) is 31.1 Å². The third kappa shape index (κ3) is 6.31. The third-order valence-corrected chi connectivity index (χ3v) is 2.47. The number of rotatable bonds is 3. The van der Waals surface area contributed by atoms with Crippen LogP contribution in [0.15, 0.2) is 0 Å². The number of hydrogen-bond donors (Lipinski definition) is 1. The lowest BCUT2D eigenvalue weighted by Gasteiger charge is -2.24. The van der Waals surface area contributed by atoms with E-state index in [9.17, 15) is 0 Å². The van der Waals surface area contributed by atoms with E-state index in [0.717, 1.165) is 6.54 Å². The van der Waals surface area contributed by atoms with E-state index in [-0.39, 0.29) is 10.0 Å². The Morgan fingerprint density at radius 3 is 1.88 bits per heavy atom. The summed E-state index contributed by atoms with van der Waals surface area (Å²) in [4.78, 5) is 0. The molecule has 0 amide bonds. The van der Waals surface area contributed by atoms with Crippen LogP contribution in [0, 0.1) is 0 Å². The van der Waals surface area contributed by atoms with Gasteiger partial charge in [-0.05, 0) is 37.5 Å². The fourth-order valence-electron chi connectivity index (χ4n) is 0.516.